The van der Waals surface area contributed by atoms with Gasteiger partial charge in [0.05, 0.1) is 23.9 Å². The lowest BCUT2D eigenvalue weighted by Crippen LogP contribution is -2.26. The lowest BCUT2D eigenvalue weighted by Gasteiger charge is -2.21. The van der Waals surface area contributed by atoms with Crippen LogP contribution in [0.5, 0.6) is 5.75 Å². The molecule has 130 valence electrons. The van der Waals surface area contributed by atoms with Crippen molar-refractivity contribution in [1.29, 1.82) is 0 Å². The monoisotopic (exact) mass is 349 g/mol. The molecular formula is C17H23N3O3S. The van der Waals surface area contributed by atoms with Crippen molar-refractivity contribution in [2.24, 2.45) is 0 Å². The van der Waals surface area contributed by atoms with Crippen LogP contribution in [-0.2, 0) is 10.0 Å². The normalized spacial score (nSPS) is 11.9. The minimum absolute atomic E-state index is 0.0943. The van der Waals surface area contributed by atoms with Gasteiger partial charge in [-0.2, -0.15) is 0 Å². The zero-order valence-corrected chi connectivity index (χ0v) is 15.4. The topological polar surface area (TPSA) is 80.3 Å². The molecule has 0 fully saturated rings. The molecule has 1 aromatic carbocycles. The van der Waals surface area contributed by atoms with Gasteiger partial charge in [0.1, 0.15) is 11.6 Å². The number of anilines is 2. The first-order valence-corrected chi connectivity index (χ1v) is 9.01. The first-order chi connectivity index (χ1) is 11.1. The molecule has 0 saturated heterocycles. The SMILES string of the molecule is COc1ccc(S(=O)(=O)Nc2ccc(NC(C)(C)C)cn2)c(C)c1. The first kappa shape index (κ1) is 18.1. The van der Waals surface area contributed by atoms with E-state index in [0.29, 0.717) is 11.3 Å². The second kappa shape index (κ2) is 6.68. The fraction of sp³-hybridized carbons (Fsp3) is 0.353. The van der Waals surface area contributed by atoms with E-state index in [2.05, 4.69) is 15.0 Å². The Labute approximate surface area is 143 Å². The number of nitrogens with zero attached hydrogens (tertiary/aromatic N) is 1. The summed E-state index contributed by atoms with van der Waals surface area (Å²) in [6, 6.07) is 8.23. The second-order valence-electron chi connectivity index (χ2n) is 6.54. The summed E-state index contributed by atoms with van der Waals surface area (Å²) >= 11 is 0. The Morgan fingerprint density at radius 3 is 2.33 bits per heavy atom. The Balaban J connectivity index is 2.20. The molecule has 0 unspecified atom stereocenters. The van der Waals surface area contributed by atoms with E-state index in [1.807, 2.05) is 20.8 Å². The molecule has 24 heavy (non-hydrogen) atoms. The molecule has 0 amide bonds. The van der Waals surface area contributed by atoms with Crippen LogP contribution in [0.3, 0.4) is 0 Å². The van der Waals surface area contributed by atoms with Crippen molar-refractivity contribution in [2.45, 2.75) is 38.1 Å². The Hall–Kier alpha value is -2.28. The number of nitrogens with one attached hydrogen (secondary N) is 2. The van der Waals surface area contributed by atoms with E-state index in [0.717, 1.165) is 5.69 Å². The Morgan fingerprint density at radius 2 is 1.83 bits per heavy atom. The molecule has 2 N–H and O–H groups in total. The maximum absolute atomic E-state index is 12.5. The molecule has 0 aliphatic carbocycles. The summed E-state index contributed by atoms with van der Waals surface area (Å²) in [5, 5.41) is 3.27. The van der Waals surface area contributed by atoms with E-state index >= 15 is 0 Å². The van der Waals surface area contributed by atoms with Gasteiger partial charge in [-0.3, -0.25) is 4.72 Å². The number of aryl methyl sites for hydroxylation is 1. The number of ether oxygens (including phenoxy) is 1. The van der Waals surface area contributed by atoms with E-state index in [-0.39, 0.29) is 16.3 Å². The largest absolute Gasteiger partial charge is 0.497 e. The molecule has 0 radical (unpaired) electrons. The van der Waals surface area contributed by atoms with Crippen LogP contribution in [-0.4, -0.2) is 26.1 Å². The van der Waals surface area contributed by atoms with Gasteiger partial charge in [0, 0.05) is 5.54 Å². The van der Waals surface area contributed by atoms with Crippen LogP contribution in [0.1, 0.15) is 26.3 Å². The van der Waals surface area contributed by atoms with Gasteiger partial charge in [-0.15, -0.1) is 0 Å². The van der Waals surface area contributed by atoms with Crippen molar-refractivity contribution in [2.75, 3.05) is 17.1 Å². The van der Waals surface area contributed by atoms with E-state index in [1.54, 1.807) is 37.4 Å². The van der Waals surface area contributed by atoms with Gasteiger partial charge in [0.2, 0.25) is 0 Å². The molecular weight excluding hydrogens is 326 g/mol. The molecule has 2 aromatic rings. The number of methoxy groups -OCH3 is 1. The zero-order valence-electron chi connectivity index (χ0n) is 14.5. The van der Waals surface area contributed by atoms with Crippen LogP contribution in [0, 0.1) is 6.92 Å². The minimum Gasteiger partial charge on any atom is -0.497 e. The van der Waals surface area contributed by atoms with Crippen molar-refractivity contribution in [3.63, 3.8) is 0 Å². The number of benzene rings is 1. The van der Waals surface area contributed by atoms with Gasteiger partial charge in [0.25, 0.3) is 10.0 Å². The van der Waals surface area contributed by atoms with Crippen molar-refractivity contribution in [3.8, 4) is 5.75 Å². The Bertz CT molecular complexity index is 810. The second-order valence-corrected chi connectivity index (χ2v) is 8.19. The van der Waals surface area contributed by atoms with Gasteiger partial charge < -0.3 is 10.1 Å². The van der Waals surface area contributed by atoms with E-state index in [9.17, 15) is 8.42 Å². The van der Waals surface area contributed by atoms with E-state index < -0.39 is 10.0 Å². The minimum atomic E-state index is -3.71. The van der Waals surface area contributed by atoms with Gasteiger partial charge in [-0.1, -0.05) is 0 Å². The number of rotatable bonds is 5. The Kier molecular flexibility index (Phi) is 5.03. The third kappa shape index (κ3) is 4.61. The van der Waals surface area contributed by atoms with Gasteiger partial charge in [0.15, 0.2) is 0 Å². The van der Waals surface area contributed by atoms with Crippen LogP contribution in [0.4, 0.5) is 11.5 Å². The number of hydrogen-bond acceptors (Lipinski definition) is 5. The standard InChI is InChI=1S/C17H23N3O3S/c1-12-10-14(23-5)7-8-15(12)24(21,22)20-16-9-6-13(11-18-16)19-17(2,3)4/h6-11,19H,1-5H3,(H,18,20). The molecule has 2 rings (SSSR count). The highest BCUT2D eigenvalue weighted by atomic mass is 32.2. The van der Waals surface area contributed by atoms with Gasteiger partial charge in [-0.05, 0) is 63.6 Å². The van der Waals surface area contributed by atoms with Crippen LogP contribution in [0.15, 0.2) is 41.4 Å². The predicted molar refractivity (Wildman–Crippen MR) is 96.2 cm³/mol. The van der Waals surface area contributed by atoms with Crippen molar-refractivity contribution >= 4 is 21.5 Å². The lowest BCUT2D eigenvalue weighted by atomic mass is 10.1. The van der Waals surface area contributed by atoms with Gasteiger partial charge in [-0.25, -0.2) is 13.4 Å². The number of hydrogen-bond donors (Lipinski definition) is 2. The summed E-state index contributed by atoms with van der Waals surface area (Å²) in [7, 11) is -2.17. The molecule has 0 atom stereocenters. The Morgan fingerprint density at radius 1 is 1.12 bits per heavy atom. The van der Waals surface area contributed by atoms with E-state index in [4.69, 9.17) is 4.74 Å². The summed E-state index contributed by atoms with van der Waals surface area (Å²) in [6.07, 6.45) is 1.60. The molecule has 0 saturated carbocycles. The highest BCUT2D eigenvalue weighted by Gasteiger charge is 2.18. The molecule has 0 aliphatic rings. The van der Waals surface area contributed by atoms with Crippen LogP contribution in [0.25, 0.3) is 0 Å². The average Bonchev–Trinajstić information content (AvgIpc) is 2.47. The molecule has 1 aromatic heterocycles. The van der Waals surface area contributed by atoms with Crippen molar-refractivity contribution in [3.05, 3.63) is 42.1 Å². The van der Waals surface area contributed by atoms with Crippen LogP contribution < -0.4 is 14.8 Å². The predicted octanol–water partition coefficient (Wildman–Crippen LogP) is 3.41. The number of pyridine rings is 1. The number of sulfonamides is 1. The fourth-order valence-electron chi connectivity index (χ4n) is 2.20. The molecule has 0 bridgehead atoms. The maximum Gasteiger partial charge on any atom is 0.263 e. The molecule has 1 heterocycles. The third-order valence-electron chi connectivity index (χ3n) is 3.19. The van der Waals surface area contributed by atoms with Crippen LogP contribution in [0.2, 0.25) is 0 Å². The summed E-state index contributed by atoms with van der Waals surface area (Å²) < 4.78 is 32.7. The smallest absolute Gasteiger partial charge is 0.263 e. The highest BCUT2D eigenvalue weighted by molar-refractivity contribution is 7.92. The highest BCUT2D eigenvalue weighted by Crippen LogP contribution is 2.23. The first-order valence-electron chi connectivity index (χ1n) is 7.52. The zero-order chi connectivity index (χ0) is 18.0. The maximum atomic E-state index is 12.5. The van der Waals surface area contributed by atoms with Gasteiger partial charge >= 0.3 is 0 Å². The summed E-state index contributed by atoms with van der Waals surface area (Å²) in [6.45, 7) is 7.84. The average molecular weight is 349 g/mol. The molecule has 7 heteroatoms. The fourth-order valence-corrected chi connectivity index (χ4v) is 3.44. The van der Waals surface area contributed by atoms with E-state index in [1.165, 1.54) is 13.2 Å². The molecule has 0 aliphatic heterocycles. The van der Waals surface area contributed by atoms with Crippen molar-refractivity contribution in [1.82, 2.24) is 4.98 Å². The third-order valence-corrected chi connectivity index (χ3v) is 4.71. The summed E-state index contributed by atoms with van der Waals surface area (Å²) in [5.74, 6) is 0.881. The lowest BCUT2D eigenvalue weighted by molar-refractivity contribution is 0.414. The number of aromatic nitrogens is 1. The van der Waals surface area contributed by atoms with Crippen molar-refractivity contribution < 1.29 is 13.2 Å². The molecule has 0 spiro atoms. The van der Waals surface area contributed by atoms with Crippen LogP contribution >= 0.6 is 0 Å². The molecule has 6 nitrogen and oxygen atoms in total. The quantitative estimate of drug-likeness (QED) is 0.865. The summed E-state index contributed by atoms with van der Waals surface area (Å²) in [4.78, 5) is 4.36. The summed E-state index contributed by atoms with van der Waals surface area (Å²) in [5.41, 5.74) is 1.34.